The highest BCUT2D eigenvalue weighted by Crippen LogP contribution is 2.24. The Bertz CT molecular complexity index is 617. The minimum absolute atomic E-state index is 0.0896. The molecule has 1 atom stereocenters. The molecule has 2 nitrogen and oxygen atoms in total. The largest absolute Gasteiger partial charge is 0.378 e. The molecule has 96 valence electrons. The number of anilines is 1. The van der Waals surface area contributed by atoms with Gasteiger partial charge in [-0.05, 0) is 65.4 Å². The third-order valence-electron chi connectivity index (χ3n) is 2.84. The van der Waals surface area contributed by atoms with Crippen LogP contribution in [-0.4, -0.2) is 0 Å². The van der Waals surface area contributed by atoms with Gasteiger partial charge in [-0.3, -0.25) is 0 Å². The van der Waals surface area contributed by atoms with Gasteiger partial charge >= 0.3 is 0 Å². The van der Waals surface area contributed by atoms with Crippen LogP contribution < -0.4 is 5.32 Å². The lowest BCUT2D eigenvalue weighted by Gasteiger charge is -2.17. The smallest absolute Gasteiger partial charge is 0.124 e. The van der Waals surface area contributed by atoms with Crippen molar-refractivity contribution in [2.75, 3.05) is 5.32 Å². The van der Waals surface area contributed by atoms with Gasteiger partial charge in [-0.25, -0.2) is 4.39 Å². The summed E-state index contributed by atoms with van der Waals surface area (Å²) in [7, 11) is 0. The van der Waals surface area contributed by atoms with E-state index in [0.717, 1.165) is 14.8 Å². The van der Waals surface area contributed by atoms with Crippen molar-refractivity contribution in [3.05, 3.63) is 63.0 Å². The summed E-state index contributed by atoms with van der Waals surface area (Å²) in [5, 5.41) is 12.1. The van der Waals surface area contributed by atoms with Gasteiger partial charge in [-0.2, -0.15) is 5.26 Å². The molecule has 0 aliphatic carbocycles. The minimum atomic E-state index is -0.235. The van der Waals surface area contributed by atoms with Crippen molar-refractivity contribution in [3.8, 4) is 6.07 Å². The van der Waals surface area contributed by atoms with E-state index in [0.29, 0.717) is 5.56 Å². The summed E-state index contributed by atoms with van der Waals surface area (Å²) in [5.41, 5.74) is 2.63. The fraction of sp³-hybridized carbons (Fsp3) is 0.133. The number of benzene rings is 2. The van der Waals surface area contributed by atoms with Crippen LogP contribution in [0.4, 0.5) is 10.1 Å². The molecule has 19 heavy (non-hydrogen) atoms. The summed E-state index contributed by atoms with van der Waals surface area (Å²) in [6, 6.07) is 14.3. The quantitative estimate of drug-likeness (QED) is 0.814. The van der Waals surface area contributed by atoms with Gasteiger partial charge in [0.15, 0.2) is 0 Å². The number of hydrogen-bond donors (Lipinski definition) is 1. The van der Waals surface area contributed by atoms with Crippen LogP contribution in [0.5, 0.6) is 0 Å². The molecule has 0 saturated heterocycles. The fourth-order valence-electron chi connectivity index (χ4n) is 1.77. The maximum Gasteiger partial charge on any atom is 0.124 e. The van der Waals surface area contributed by atoms with Crippen LogP contribution in [0.15, 0.2) is 42.5 Å². The molecule has 0 radical (unpaired) electrons. The molecule has 0 aromatic heterocycles. The molecule has 2 aromatic rings. The first-order valence-corrected chi connectivity index (χ1v) is 6.89. The van der Waals surface area contributed by atoms with Crippen molar-refractivity contribution >= 4 is 28.3 Å². The van der Waals surface area contributed by atoms with E-state index < -0.39 is 0 Å². The maximum absolute atomic E-state index is 13.0. The lowest BCUT2D eigenvalue weighted by atomic mass is 10.1. The van der Waals surface area contributed by atoms with E-state index in [1.807, 2.05) is 19.1 Å². The number of halogens is 2. The molecule has 2 aromatic carbocycles. The average Bonchev–Trinajstić information content (AvgIpc) is 2.42. The van der Waals surface area contributed by atoms with Crippen LogP contribution in [0.2, 0.25) is 0 Å². The van der Waals surface area contributed by atoms with Gasteiger partial charge < -0.3 is 5.32 Å². The molecule has 0 aliphatic rings. The zero-order valence-electron chi connectivity index (χ0n) is 10.3. The van der Waals surface area contributed by atoms with Crippen molar-refractivity contribution in [2.24, 2.45) is 0 Å². The normalized spacial score (nSPS) is 11.7. The second-order valence-electron chi connectivity index (χ2n) is 4.22. The Morgan fingerprint density at radius 1 is 1.21 bits per heavy atom. The van der Waals surface area contributed by atoms with Gasteiger partial charge in [-0.15, -0.1) is 0 Å². The molecule has 0 bridgehead atoms. The van der Waals surface area contributed by atoms with E-state index in [2.05, 4.69) is 34.0 Å². The van der Waals surface area contributed by atoms with E-state index in [-0.39, 0.29) is 11.9 Å². The summed E-state index contributed by atoms with van der Waals surface area (Å²) in [6.07, 6.45) is 0. The average molecular weight is 366 g/mol. The third kappa shape index (κ3) is 3.44. The Balaban J connectivity index is 2.16. The van der Waals surface area contributed by atoms with E-state index in [9.17, 15) is 4.39 Å². The van der Waals surface area contributed by atoms with Crippen LogP contribution >= 0.6 is 22.6 Å². The molecule has 1 N–H and O–H groups in total. The van der Waals surface area contributed by atoms with Crippen molar-refractivity contribution in [2.45, 2.75) is 13.0 Å². The fourth-order valence-corrected chi connectivity index (χ4v) is 2.40. The highest BCUT2D eigenvalue weighted by Gasteiger charge is 2.08. The molecule has 0 amide bonds. The number of nitrogens with zero attached hydrogens (tertiary/aromatic N) is 1. The van der Waals surface area contributed by atoms with Crippen LogP contribution in [0.25, 0.3) is 0 Å². The molecule has 0 fully saturated rings. The van der Waals surface area contributed by atoms with Gasteiger partial charge in [0, 0.05) is 15.3 Å². The molecule has 0 spiro atoms. The molecule has 1 unspecified atom stereocenters. The second-order valence-corrected chi connectivity index (χ2v) is 5.39. The maximum atomic E-state index is 13.0. The summed E-state index contributed by atoms with van der Waals surface area (Å²) in [5.74, 6) is -0.235. The molecule has 4 heteroatoms. The predicted octanol–water partition coefficient (Wildman–Crippen LogP) is 4.48. The zero-order chi connectivity index (χ0) is 13.8. The van der Waals surface area contributed by atoms with Crippen molar-refractivity contribution in [1.29, 1.82) is 5.26 Å². The van der Waals surface area contributed by atoms with E-state index in [1.54, 1.807) is 18.2 Å². The highest BCUT2D eigenvalue weighted by atomic mass is 127. The van der Waals surface area contributed by atoms with Crippen LogP contribution in [0.1, 0.15) is 24.1 Å². The molecule has 0 heterocycles. The first kappa shape index (κ1) is 13.8. The van der Waals surface area contributed by atoms with Crippen molar-refractivity contribution < 1.29 is 4.39 Å². The number of nitriles is 1. The summed E-state index contributed by atoms with van der Waals surface area (Å²) in [4.78, 5) is 0. The molecule has 0 saturated carbocycles. The Kier molecular flexibility index (Phi) is 4.38. The van der Waals surface area contributed by atoms with Crippen LogP contribution in [0, 0.1) is 20.7 Å². The summed E-state index contributed by atoms with van der Waals surface area (Å²) >= 11 is 2.10. The first-order chi connectivity index (χ1) is 9.10. The van der Waals surface area contributed by atoms with Gasteiger partial charge in [0.1, 0.15) is 5.82 Å². The standard InChI is InChI=1S/C15H12FIN2/c1-10(12-4-2-11(9-18)3-5-12)19-15-7-6-13(16)8-14(15)17/h2-8,10,19H,1H3. The summed E-state index contributed by atoms with van der Waals surface area (Å²) in [6.45, 7) is 2.03. The van der Waals surface area contributed by atoms with Crippen LogP contribution in [-0.2, 0) is 0 Å². The Hall–Kier alpha value is -1.61. The molecular formula is C15H12FIN2. The molecular weight excluding hydrogens is 354 g/mol. The zero-order valence-corrected chi connectivity index (χ0v) is 12.5. The third-order valence-corrected chi connectivity index (χ3v) is 3.74. The summed E-state index contributed by atoms with van der Waals surface area (Å²) < 4.78 is 13.9. The SMILES string of the molecule is CC(Nc1ccc(F)cc1I)c1ccc(C#N)cc1. The van der Waals surface area contributed by atoms with Crippen molar-refractivity contribution in [1.82, 2.24) is 0 Å². The highest BCUT2D eigenvalue weighted by molar-refractivity contribution is 14.1. The van der Waals surface area contributed by atoms with Gasteiger partial charge in [0.05, 0.1) is 11.6 Å². The monoisotopic (exact) mass is 366 g/mol. The van der Waals surface area contributed by atoms with E-state index in [4.69, 9.17) is 5.26 Å². The topological polar surface area (TPSA) is 35.8 Å². The Morgan fingerprint density at radius 3 is 2.47 bits per heavy atom. The number of rotatable bonds is 3. The van der Waals surface area contributed by atoms with Gasteiger partial charge in [0.2, 0.25) is 0 Å². The predicted molar refractivity (Wildman–Crippen MR) is 82.3 cm³/mol. The van der Waals surface area contributed by atoms with Gasteiger partial charge in [0.25, 0.3) is 0 Å². The first-order valence-electron chi connectivity index (χ1n) is 5.82. The number of nitrogens with one attached hydrogen (secondary N) is 1. The van der Waals surface area contributed by atoms with E-state index >= 15 is 0 Å². The van der Waals surface area contributed by atoms with Gasteiger partial charge in [-0.1, -0.05) is 12.1 Å². The minimum Gasteiger partial charge on any atom is -0.378 e. The Labute approximate surface area is 125 Å². The lowest BCUT2D eigenvalue weighted by molar-refractivity contribution is 0.627. The van der Waals surface area contributed by atoms with Crippen LogP contribution in [0.3, 0.4) is 0 Å². The second kappa shape index (κ2) is 6.02. The van der Waals surface area contributed by atoms with E-state index in [1.165, 1.54) is 12.1 Å². The number of hydrogen-bond acceptors (Lipinski definition) is 2. The lowest BCUT2D eigenvalue weighted by Crippen LogP contribution is -2.07. The molecule has 0 aliphatic heterocycles. The van der Waals surface area contributed by atoms with Crippen molar-refractivity contribution in [3.63, 3.8) is 0 Å². The molecule has 2 rings (SSSR count). The Morgan fingerprint density at radius 2 is 1.89 bits per heavy atom.